The molecular weight excluding hydrogens is 368 g/mol. The van der Waals surface area contributed by atoms with Gasteiger partial charge in [0.2, 0.25) is 5.91 Å². The number of nitrogens with zero attached hydrogens (tertiary/aromatic N) is 1. The van der Waals surface area contributed by atoms with Crippen LogP contribution in [0.4, 0.5) is 0 Å². The number of amides is 2. The lowest BCUT2D eigenvalue weighted by Gasteiger charge is -2.31. The Morgan fingerprint density at radius 1 is 1.00 bits per heavy atom. The van der Waals surface area contributed by atoms with Crippen LogP contribution in [0.15, 0.2) is 69.7 Å². The Kier molecular flexibility index (Phi) is 5.79. The van der Waals surface area contributed by atoms with Crippen molar-refractivity contribution in [1.82, 2.24) is 10.2 Å². The van der Waals surface area contributed by atoms with E-state index in [4.69, 9.17) is 8.83 Å². The fourth-order valence-electron chi connectivity index (χ4n) is 3.59. The molecule has 29 heavy (non-hydrogen) atoms. The molecule has 6 nitrogen and oxygen atoms in total. The predicted molar refractivity (Wildman–Crippen MR) is 108 cm³/mol. The van der Waals surface area contributed by atoms with Crippen molar-refractivity contribution in [2.75, 3.05) is 13.1 Å². The Morgan fingerprint density at radius 2 is 1.79 bits per heavy atom. The highest BCUT2D eigenvalue weighted by molar-refractivity contribution is 5.91. The summed E-state index contributed by atoms with van der Waals surface area (Å²) in [5.41, 5.74) is 1.03. The molecule has 0 bridgehead atoms. The van der Waals surface area contributed by atoms with Gasteiger partial charge in [0.05, 0.1) is 6.26 Å². The number of benzene rings is 1. The Labute approximate surface area is 169 Å². The third-order valence-electron chi connectivity index (χ3n) is 5.20. The van der Waals surface area contributed by atoms with Gasteiger partial charge in [-0.2, -0.15) is 0 Å². The van der Waals surface area contributed by atoms with Crippen molar-refractivity contribution in [1.29, 1.82) is 0 Å². The van der Waals surface area contributed by atoms with Gasteiger partial charge in [-0.05, 0) is 37.1 Å². The zero-order valence-electron chi connectivity index (χ0n) is 16.2. The molecule has 1 aliphatic heterocycles. The van der Waals surface area contributed by atoms with E-state index >= 15 is 0 Å². The molecule has 3 aromatic rings. The zero-order valence-corrected chi connectivity index (χ0v) is 16.2. The van der Waals surface area contributed by atoms with Crippen molar-refractivity contribution in [2.45, 2.75) is 31.7 Å². The standard InChI is InChI=1S/C23H24N2O4/c26-22(11-9-19-8-10-20(29-19)17-5-2-1-3-6-17)24-18-12-14-25(15-13-18)23(27)21-7-4-16-28-21/h1-8,10,16,18H,9,11-15H2,(H,24,26). The summed E-state index contributed by atoms with van der Waals surface area (Å²) in [7, 11) is 0. The summed E-state index contributed by atoms with van der Waals surface area (Å²) >= 11 is 0. The molecule has 1 saturated heterocycles. The highest BCUT2D eigenvalue weighted by atomic mass is 16.3. The van der Waals surface area contributed by atoms with Gasteiger partial charge in [0.25, 0.3) is 5.91 Å². The van der Waals surface area contributed by atoms with Crippen LogP contribution in [0.3, 0.4) is 0 Å². The lowest BCUT2D eigenvalue weighted by Crippen LogP contribution is -2.46. The SMILES string of the molecule is O=C(CCc1ccc(-c2ccccc2)o1)NC1CCN(C(=O)c2ccco2)CC1. The van der Waals surface area contributed by atoms with Crippen molar-refractivity contribution in [3.8, 4) is 11.3 Å². The average Bonchev–Trinajstić information content (AvgIpc) is 3.45. The molecule has 1 N–H and O–H groups in total. The monoisotopic (exact) mass is 392 g/mol. The van der Waals surface area contributed by atoms with Crippen LogP contribution in [0, 0.1) is 0 Å². The van der Waals surface area contributed by atoms with Crippen LogP contribution in [0.25, 0.3) is 11.3 Å². The van der Waals surface area contributed by atoms with Crippen LogP contribution < -0.4 is 5.32 Å². The van der Waals surface area contributed by atoms with Crippen LogP contribution in [-0.2, 0) is 11.2 Å². The Hall–Kier alpha value is -3.28. The minimum absolute atomic E-state index is 0.0125. The summed E-state index contributed by atoms with van der Waals surface area (Å²) in [6, 6.07) is 17.3. The van der Waals surface area contributed by atoms with Crippen LogP contribution in [0.2, 0.25) is 0 Å². The minimum Gasteiger partial charge on any atom is -0.461 e. The molecule has 3 heterocycles. The first-order valence-corrected chi connectivity index (χ1v) is 9.95. The third kappa shape index (κ3) is 4.77. The number of carbonyl (C=O) groups excluding carboxylic acids is 2. The van der Waals surface area contributed by atoms with E-state index in [2.05, 4.69) is 5.32 Å². The maximum atomic E-state index is 12.3. The number of piperidine rings is 1. The molecule has 1 aliphatic rings. The van der Waals surface area contributed by atoms with Crippen LogP contribution in [-0.4, -0.2) is 35.8 Å². The second-order valence-electron chi connectivity index (χ2n) is 7.24. The van der Waals surface area contributed by atoms with E-state index in [1.54, 1.807) is 17.0 Å². The summed E-state index contributed by atoms with van der Waals surface area (Å²) in [5, 5.41) is 3.08. The first-order chi connectivity index (χ1) is 14.2. The van der Waals surface area contributed by atoms with E-state index in [0.717, 1.165) is 29.9 Å². The number of rotatable bonds is 6. The molecule has 0 aliphatic carbocycles. The molecule has 0 radical (unpaired) electrons. The molecule has 0 spiro atoms. The van der Waals surface area contributed by atoms with Crippen molar-refractivity contribution < 1.29 is 18.4 Å². The van der Waals surface area contributed by atoms with Crippen molar-refractivity contribution in [3.63, 3.8) is 0 Å². The maximum absolute atomic E-state index is 12.3. The second-order valence-corrected chi connectivity index (χ2v) is 7.24. The van der Waals surface area contributed by atoms with Crippen LogP contribution in [0.5, 0.6) is 0 Å². The minimum atomic E-state index is -0.0909. The van der Waals surface area contributed by atoms with E-state index in [-0.39, 0.29) is 17.9 Å². The summed E-state index contributed by atoms with van der Waals surface area (Å²) in [6.07, 6.45) is 3.94. The van der Waals surface area contributed by atoms with Crippen molar-refractivity contribution in [2.24, 2.45) is 0 Å². The normalized spacial score (nSPS) is 14.7. The molecule has 1 aromatic carbocycles. The molecular formula is C23H24N2O4. The van der Waals surface area contributed by atoms with E-state index < -0.39 is 0 Å². The maximum Gasteiger partial charge on any atom is 0.289 e. The van der Waals surface area contributed by atoms with Gasteiger partial charge in [0.1, 0.15) is 11.5 Å². The van der Waals surface area contributed by atoms with Gasteiger partial charge in [-0.15, -0.1) is 0 Å². The smallest absolute Gasteiger partial charge is 0.289 e. The lowest BCUT2D eigenvalue weighted by atomic mass is 10.0. The molecule has 150 valence electrons. The van der Waals surface area contributed by atoms with Gasteiger partial charge < -0.3 is 19.1 Å². The highest BCUT2D eigenvalue weighted by Crippen LogP contribution is 2.22. The summed E-state index contributed by atoms with van der Waals surface area (Å²) in [4.78, 5) is 26.4. The molecule has 0 atom stereocenters. The first-order valence-electron chi connectivity index (χ1n) is 9.95. The average molecular weight is 392 g/mol. The Bertz CT molecular complexity index is 938. The summed E-state index contributed by atoms with van der Waals surface area (Å²) < 4.78 is 11.0. The predicted octanol–water partition coefficient (Wildman–Crippen LogP) is 3.89. The molecule has 6 heteroatoms. The Balaban J connectivity index is 1.21. The number of hydrogen-bond donors (Lipinski definition) is 1. The van der Waals surface area contributed by atoms with E-state index in [9.17, 15) is 9.59 Å². The number of carbonyl (C=O) groups is 2. The van der Waals surface area contributed by atoms with E-state index in [1.807, 2.05) is 42.5 Å². The van der Waals surface area contributed by atoms with Crippen molar-refractivity contribution in [3.05, 3.63) is 72.4 Å². The lowest BCUT2D eigenvalue weighted by molar-refractivity contribution is -0.122. The van der Waals surface area contributed by atoms with Gasteiger partial charge in [-0.1, -0.05) is 30.3 Å². The topological polar surface area (TPSA) is 75.7 Å². The summed E-state index contributed by atoms with van der Waals surface area (Å²) in [6.45, 7) is 1.23. The molecule has 1 fully saturated rings. The van der Waals surface area contributed by atoms with Gasteiger partial charge in [-0.3, -0.25) is 9.59 Å². The highest BCUT2D eigenvalue weighted by Gasteiger charge is 2.25. The number of aryl methyl sites for hydroxylation is 1. The largest absolute Gasteiger partial charge is 0.461 e. The van der Waals surface area contributed by atoms with Crippen LogP contribution in [0.1, 0.15) is 35.6 Å². The van der Waals surface area contributed by atoms with Crippen LogP contribution >= 0.6 is 0 Å². The Morgan fingerprint density at radius 3 is 2.52 bits per heavy atom. The molecule has 4 rings (SSSR count). The zero-order chi connectivity index (χ0) is 20.1. The fourth-order valence-corrected chi connectivity index (χ4v) is 3.59. The number of furan rings is 2. The summed E-state index contributed by atoms with van der Waals surface area (Å²) in [5.74, 6) is 1.90. The third-order valence-corrected chi connectivity index (χ3v) is 5.20. The first kappa shape index (κ1) is 19.1. The van der Waals surface area contributed by atoms with Gasteiger partial charge in [-0.25, -0.2) is 0 Å². The number of hydrogen-bond acceptors (Lipinski definition) is 4. The van der Waals surface area contributed by atoms with Gasteiger partial charge in [0, 0.05) is 37.5 Å². The van der Waals surface area contributed by atoms with Gasteiger partial charge in [0.15, 0.2) is 5.76 Å². The molecule has 0 unspecified atom stereocenters. The molecule has 2 amide bonds. The van der Waals surface area contributed by atoms with Crippen molar-refractivity contribution >= 4 is 11.8 Å². The molecule has 0 saturated carbocycles. The van der Waals surface area contributed by atoms with E-state index in [0.29, 0.717) is 31.7 Å². The molecule has 2 aromatic heterocycles. The van der Waals surface area contributed by atoms with E-state index in [1.165, 1.54) is 6.26 Å². The quantitative estimate of drug-likeness (QED) is 0.690. The number of likely N-dealkylation sites (tertiary alicyclic amines) is 1. The van der Waals surface area contributed by atoms with Gasteiger partial charge >= 0.3 is 0 Å². The fraction of sp³-hybridized carbons (Fsp3) is 0.304. The number of nitrogens with one attached hydrogen (secondary N) is 1. The second kappa shape index (κ2) is 8.82.